The predicted octanol–water partition coefficient (Wildman–Crippen LogP) is 9.71. The molecule has 0 aliphatic carbocycles. The van der Waals surface area contributed by atoms with Crippen LogP contribution in [0.5, 0.6) is 11.5 Å². The average molecular weight is 685 g/mol. The summed E-state index contributed by atoms with van der Waals surface area (Å²) in [6, 6.07) is 26.0. The first-order valence-corrected chi connectivity index (χ1v) is 17.5. The number of hydrogen-bond acceptors (Lipinski definition) is 4. The molecule has 0 saturated carbocycles. The van der Waals surface area contributed by atoms with Gasteiger partial charge in [-0.1, -0.05) is 61.5 Å². The number of ether oxygens (including phenoxy) is 3. The molecule has 3 saturated heterocycles. The van der Waals surface area contributed by atoms with Crippen molar-refractivity contribution in [2.75, 3.05) is 34.4 Å². The number of aliphatic hydroxyl groups excluding tert-OH is 1. The van der Waals surface area contributed by atoms with E-state index >= 15 is 0 Å². The van der Waals surface area contributed by atoms with E-state index in [9.17, 15) is 18.3 Å². The van der Waals surface area contributed by atoms with Gasteiger partial charge in [0.15, 0.2) is 0 Å². The number of quaternary nitrogens is 1. The van der Waals surface area contributed by atoms with Crippen molar-refractivity contribution in [3.63, 3.8) is 0 Å². The molecule has 0 radical (unpaired) electrons. The van der Waals surface area contributed by atoms with E-state index in [2.05, 4.69) is 37.3 Å². The smallest absolute Gasteiger partial charge is 0.416 e. The predicted molar refractivity (Wildman–Crippen MR) is 191 cm³/mol. The average Bonchev–Trinajstić information content (AvgIpc) is 3.13. The van der Waals surface area contributed by atoms with E-state index in [-0.39, 0.29) is 6.04 Å². The van der Waals surface area contributed by atoms with Crippen LogP contribution in [0.25, 0.3) is 32.7 Å². The molecule has 5 nitrogen and oxygen atoms in total. The van der Waals surface area contributed by atoms with E-state index in [1.165, 1.54) is 12.1 Å². The molecule has 50 heavy (non-hydrogen) atoms. The Hall–Kier alpha value is -4.11. The van der Waals surface area contributed by atoms with Gasteiger partial charge in [0.2, 0.25) is 0 Å². The summed E-state index contributed by atoms with van der Waals surface area (Å²) in [5.74, 6) is 2.45. The molecule has 3 aliphatic rings. The third kappa shape index (κ3) is 6.01. The highest BCUT2D eigenvalue weighted by Gasteiger charge is 2.54. The summed E-state index contributed by atoms with van der Waals surface area (Å²) < 4.78 is 58.6. The molecule has 2 bridgehead atoms. The molecule has 5 aromatic rings. The number of alkyl halides is 3. The minimum atomic E-state index is -4.38. The molecule has 5 atom stereocenters. The van der Waals surface area contributed by atoms with Gasteiger partial charge >= 0.3 is 6.18 Å². The Balaban J connectivity index is 1.35. The number of aliphatic hydroxyl groups is 1. The van der Waals surface area contributed by atoms with Gasteiger partial charge < -0.3 is 23.8 Å². The fourth-order valence-corrected chi connectivity index (χ4v) is 9.11. The molecule has 1 N–H and O–H groups in total. The Morgan fingerprint density at radius 3 is 2.32 bits per heavy atom. The van der Waals surface area contributed by atoms with Crippen molar-refractivity contribution in [2.24, 2.45) is 11.8 Å². The van der Waals surface area contributed by atoms with Crippen LogP contribution in [0.3, 0.4) is 0 Å². The van der Waals surface area contributed by atoms with Gasteiger partial charge in [-0.15, -0.1) is 0 Å². The summed E-state index contributed by atoms with van der Waals surface area (Å²) in [5, 5.41) is 16.4. The van der Waals surface area contributed by atoms with Crippen LogP contribution in [0.1, 0.15) is 54.5 Å². The molecule has 1 unspecified atom stereocenters. The minimum Gasteiger partial charge on any atom is -0.496 e. The number of benzene rings is 5. The lowest BCUT2D eigenvalue weighted by atomic mass is 9.70. The second-order valence-electron chi connectivity index (χ2n) is 14.2. The zero-order valence-electron chi connectivity index (χ0n) is 29.1. The standard InChI is InChI=1S/C42H45F3NO4/c1-5-27-24-46(23-26-10-15-33(16-11-26)42(43,44)45)19-18-29(27)22-36(46)40(47)31-13-12-28-14-17-37(49-3)38(35(28)21-31)39-34-9-7-6-8-30(34)20-32(25-48-2)41(39)50-4/h6-17,20-21,27,29,36,40,47H,5,18-19,22-25H2,1-4H3/q+1/t27-,29-,36-,40-,46?/m0/s1. The van der Waals surface area contributed by atoms with Crippen molar-refractivity contribution in [3.8, 4) is 22.6 Å². The van der Waals surface area contributed by atoms with Crippen molar-refractivity contribution < 1.29 is 37.0 Å². The van der Waals surface area contributed by atoms with Gasteiger partial charge in [0.25, 0.3) is 0 Å². The lowest BCUT2D eigenvalue weighted by molar-refractivity contribution is -0.985. The maximum Gasteiger partial charge on any atom is 0.416 e. The molecule has 3 fully saturated rings. The van der Waals surface area contributed by atoms with Crippen molar-refractivity contribution in [3.05, 3.63) is 107 Å². The number of hydrogen-bond donors (Lipinski definition) is 1. The first kappa shape index (κ1) is 34.3. The van der Waals surface area contributed by atoms with Crippen LogP contribution in [-0.4, -0.2) is 50.1 Å². The van der Waals surface area contributed by atoms with E-state index in [1.807, 2.05) is 30.3 Å². The number of fused-ring (bicyclic) bond motifs is 5. The first-order chi connectivity index (χ1) is 24.1. The molecule has 262 valence electrons. The van der Waals surface area contributed by atoms with Crippen LogP contribution in [0.15, 0.2) is 84.9 Å². The molecule has 8 heteroatoms. The molecule has 3 heterocycles. The molecule has 8 rings (SSSR count). The van der Waals surface area contributed by atoms with Crippen molar-refractivity contribution in [2.45, 2.75) is 57.7 Å². The Morgan fingerprint density at radius 1 is 0.860 bits per heavy atom. The second kappa shape index (κ2) is 13.5. The molecule has 5 aromatic carbocycles. The molecular formula is C42H45F3NO4+. The van der Waals surface area contributed by atoms with Crippen LogP contribution >= 0.6 is 0 Å². The number of rotatable bonds is 10. The van der Waals surface area contributed by atoms with Gasteiger partial charge in [0.05, 0.1) is 39.5 Å². The summed E-state index contributed by atoms with van der Waals surface area (Å²) >= 11 is 0. The third-order valence-corrected chi connectivity index (χ3v) is 11.5. The van der Waals surface area contributed by atoms with Crippen molar-refractivity contribution >= 4 is 21.5 Å². The number of piperidine rings is 3. The number of methoxy groups -OCH3 is 3. The van der Waals surface area contributed by atoms with E-state index < -0.39 is 17.8 Å². The van der Waals surface area contributed by atoms with Crippen LogP contribution in [0, 0.1) is 11.8 Å². The second-order valence-corrected chi connectivity index (χ2v) is 14.2. The third-order valence-electron chi connectivity index (χ3n) is 11.5. The summed E-state index contributed by atoms with van der Waals surface area (Å²) in [6.07, 6.45) is -2.16. The van der Waals surface area contributed by atoms with Crippen molar-refractivity contribution in [1.82, 2.24) is 0 Å². The SMILES string of the molecule is CC[C@H]1C[N+]2(Cc3ccc(C(F)(F)F)cc3)CC[C@H]1C[C@H]2[C@@H](O)c1ccc2ccc(OC)c(-c3c(OC)c(COC)cc4ccccc34)c2c1. The summed E-state index contributed by atoms with van der Waals surface area (Å²) in [5.41, 5.74) is 3.76. The number of nitrogens with zero attached hydrogens (tertiary/aromatic N) is 1. The van der Waals surface area contributed by atoms with Crippen LogP contribution in [0.2, 0.25) is 0 Å². The first-order valence-electron chi connectivity index (χ1n) is 17.5. The minimum absolute atomic E-state index is 0.0919. The maximum atomic E-state index is 13.4. The monoisotopic (exact) mass is 684 g/mol. The summed E-state index contributed by atoms with van der Waals surface area (Å²) in [7, 11) is 5.02. The van der Waals surface area contributed by atoms with E-state index in [4.69, 9.17) is 14.2 Å². The van der Waals surface area contributed by atoms with Gasteiger partial charge in [0, 0.05) is 48.1 Å². The summed E-state index contributed by atoms with van der Waals surface area (Å²) in [6.45, 7) is 4.99. The largest absolute Gasteiger partial charge is 0.496 e. The highest BCUT2D eigenvalue weighted by atomic mass is 19.4. The van der Waals surface area contributed by atoms with Crippen LogP contribution in [0.4, 0.5) is 13.2 Å². The number of halogens is 3. The Kier molecular flexibility index (Phi) is 9.31. The fraction of sp³-hybridized carbons (Fsp3) is 0.381. The fourth-order valence-electron chi connectivity index (χ4n) is 9.11. The molecule has 0 aromatic heterocycles. The summed E-state index contributed by atoms with van der Waals surface area (Å²) in [4.78, 5) is 0. The zero-order valence-corrected chi connectivity index (χ0v) is 29.1. The van der Waals surface area contributed by atoms with Gasteiger partial charge in [-0.05, 0) is 69.8 Å². The van der Waals surface area contributed by atoms with E-state index in [0.29, 0.717) is 41.0 Å². The zero-order chi connectivity index (χ0) is 35.2. The maximum absolute atomic E-state index is 13.4. The lowest BCUT2D eigenvalue weighted by Gasteiger charge is -2.58. The topological polar surface area (TPSA) is 47.9 Å². The van der Waals surface area contributed by atoms with Crippen molar-refractivity contribution in [1.29, 1.82) is 0 Å². The Bertz CT molecular complexity index is 2010. The molecule has 0 spiro atoms. The van der Waals surface area contributed by atoms with Gasteiger partial charge in [-0.2, -0.15) is 13.2 Å². The highest BCUT2D eigenvalue weighted by Crippen LogP contribution is 2.50. The highest BCUT2D eigenvalue weighted by molar-refractivity contribution is 6.10. The van der Waals surface area contributed by atoms with Gasteiger partial charge in [-0.25, -0.2) is 0 Å². The Morgan fingerprint density at radius 2 is 1.62 bits per heavy atom. The van der Waals surface area contributed by atoms with Crippen LogP contribution < -0.4 is 9.47 Å². The van der Waals surface area contributed by atoms with Gasteiger partial charge in [-0.3, -0.25) is 0 Å². The van der Waals surface area contributed by atoms with E-state index in [0.717, 1.165) is 81.7 Å². The molecule has 3 aliphatic heterocycles. The normalized spacial score (nSPS) is 22.6. The van der Waals surface area contributed by atoms with Crippen LogP contribution in [-0.2, 0) is 24.1 Å². The quantitative estimate of drug-likeness (QED) is 0.149. The molecular weight excluding hydrogens is 639 g/mol. The lowest BCUT2D eigenvalue weighted by Crippen LogP contribution is -2.67. The van der Waals surface area contributed by atoms with E-state index in [1.54, 1.807) is 33.5 Å². The Labute approximate surface area is 291 Å². The molecule has 0 amide bonds. The van der Waals surface area contributed by atoms with Gasteiger partial charge in [0.1, 0.15) is 30.2 Å².